The van der Waals surface area contributed by atoms with Crippen LogP contribution in [0.3, 0.4) is 0 Å². The molecule has 3 aliphatic rings. The Kier molecular flexibility index (Phi) is 5.89. The van der Waals surface area contributed by atoms with E-state index in [1.54, 1.807) is 24.6 Å². The van der Waals surface area contributed by atoms with E-state index in [0.717, 1.165) is 25.3 Å². The number of anilines is 1. The molecule has 0 bridgehead atoms. The van der Waals surface area contributed by atoms with Crippen LogP contribution in [0.25, 0.3) is 0 Å². The maximum atomic E-state index is 14.3. The van der Waals surface area contributed by atoms with Gasteiger partial charge in [-0.2, -0.15) is 13.2 Å². The minimum Gasteiger partial charge on any atom is -0.320 e. The minimum atomic E-state index is -4.66. The van der Waals surface area contributed by atoms with Gasteiger partial charge in [-0.05, 0) is 74.1 Å². The normalized spacial score (nSPS) is 20.7. The van der Waals surface area contributed by atoms with Gasteiger partial charge < -0.3 is 9.88 Å². The van der Waals surface area contributed by atoms with E-state index in [9.17, 15) is 26.7 Å². The maximum Gasteiger partial charge on any atom is 0.416 e. The van der Waals surface area contributed by atoms with Gasteiger partial charge >= 0.3 is 6.18 Å². The lowest BCUT2D eigenvalue weighted by Crippen LogP contribution is -2.51. The first-order valence-electron chi connectivity index (χ1n) is 13.2. The molecule has 6 rings (SSSR count). The number of alkyl halides is 5. The SMILES string of the molecule is Cc1cc(C2(c3nncn3C)CC(F)(F)C2)cc(N2Cc3c(cc(CNC4(C)CCC4)cc3C(F)(F)F)C2=O)n1. The summed E-state index contributed by atoms with van der Waals surface area (Å²) in [5, 5.41) is 11.3. The molecule has 1 N–H and O–H groups in total. The van der Waals surface area contributed by atoms with Crippen LogP contribution in [0, 0.1) is 6.92 Å². The van der Waals surface area contributed by atoms with E-state index in [1.165, 1.54) is 23.4 Å². The summed E-state index contributed by atoms with van der Waals surface area (Å²) in [6.07, 6.45) is -1.28. The number of aryl methyl sites for hydroxylation is 2. The minimum absolute atomic E-state index is 0.0200. The van der Waals surface area contributed by atoms with Gasteiger partial charge in [0.05, 0.1) is 17.5 Å². The van der Waals surface area contributed by atoms with Crippen LogP contribution in [0.15, 0.2) is 30.6 Å². The highest BCUT2D eigenvalue weighted by Gasteiger charge is 2.60. The molecule has 1 amide bonds. The molecule has 12 heteroatoms. The second kappa shape index (κ2) is 8.79. The first-order valence-corrected chi connectivity index (χ1v) is 13.2. The predicted molar refractivity (Wildman–Crippen MR) is 136 cm³/mol. The van der Waals surface area contributed by atoms with Crippen LogP contribution < -0.4 is 10.2 Å². The molecular formula is C28H29F5N6O. The van der Waals surface area contributed by atoms with Gasteiger partial charge in [0.1, 0.15) is 18.0 Å². The number of benzene rings is 1. The monoisotopic (exact) mass is 560 g/mol. The molecule has 0 radical (unpaired) electrons. The topological polar surface area (TPSA) is 75.9 Å². The van der Waals surface area contributed by atoms with Gasteiger partial charge in [0, 0.05) is 43.2 Å². The van der Waals surface area contributed by atoms with Crippen molar-refractivity contribution in [1.82, 2.24) is 25.1 Å². The number of halogens is 5. The highest BCUT2D eigenvalue weighted by molar-refractivity contribution is 6.10. The zero-order valence-corrected chi connectivity index (χ0v) is 22.4. The van der Waals surface area contributed by atoms with Crippen molar-refractivity contribution in [2.45, 2.75) is 82.1 Å². The van der Waals surface area contributed by atoms with Crippen LogP contribution >= 0.6 is 0 Å². The average molecular weight is 561 g/mol. The lowest BCUT2D eigenvalue weighted by molar-refractivity contribution is -0.138. The fraction of sp³-hybridized carbons (Fsp3) is 0.500. The Balaban J connectivity index is 1.38. The van der Waals surface area contributed by atoms with Crippen molar-refractivity contribution in [2.75, 3.05) is 4.90 Å². The Morgan fingerprint density at radius 3 is 2.40 bits per heavy atom. The molecule has 3 heterocycles. The smallest absolute Gasteiger partial charge is 0.320 e. The Morgan fingerprint density at radius 2 is 1.82 bits per heavy atom. The zero-order chi connectivity index (χ0) is 28.7. The summed E-state index contributed by atoms with van der Waals surface area (Å²) in [5.41, 5.74) is -0.971. The highest BCUT2D eigenvalue weighted by atomic mass is 19.4. The number of nitrogens with zero attached hydrogens (tertiary/aromatic N) is 5. The van der Waals surface area contributed by atoms with Crippen molar-refractivity contribution in [2.24, 2.45) is 7.05 Å². The summed E-state index contributed by atoms with van der Waals surface area (Å²) < 4.78 is 72.7. The molecule has 1 aliphatic heterocycles. The molecule has 0 saturated heterocycles. The van der Waals surface area contributed by atoms with Crippen molar-refractivity contribution >= 4 is 11.7 Å². The second-order valence-electron chi connectivity index (χ2n) is 11.7. The van der Waals surface area contributed by atoms with Crippen molar-refractivity contribution < 1.29 is 26.7 Å². The predicted octanol–water partition coefficient (Wildman–Crippen LogP) is 5.45. The highest BCUT2D eigenvalue weighted by Crippen LogP contribution is 2.57. The van der Waals surface area contributed by atoms with Gasteiger partial charge in [-0.1, -0.05) is 0 Å². The second-order valence-corrected chi connectivity index (χ2v) is 11.7. The molecule has 212 valence electrons. The zero-order valence-electron chi connectivity index (χ0n) is 22.4. The number of fused-ring (bicyclic) bond motifs is 1. The van der Waals surface area contributed by atoms with Crippen LogP contribution in [0.4, 0.5) is 27.8 Å². The Morgan fingerprint density at radius 1 is 1.10 bits per heavy atom. The van der Waals surface area contributed by atoms with E-state index in [4.69, 9.17) is 0 Å². The van der Waals surface area contributed by atoms with Gasteiger partial charge in [0.15, 0.2) is 0 Å². The number of hydrogen-bond acceptors (Lipinski definition) is 5. The van der Waals surface area contributed by atoms with Gasteiger partial charge in [0.25, 0.3) is 11.8 Å². The number of hydrogen-bond donors (Lipinski definition) is 1. The van der Waals surface area contributed by atoms with E-state index in [0.29, 0.717) is 22.6 Å². The summed E-state index contributed by atoms with van der Waals surface area (Å²) in [6.45, 7) is 3.58. The van der Waals surface area contributed by atoms with Gasteiger partial charge in [-0.15, -0.1) is 10.2 Å². The molecule has 0 unspecified atom stereocenters. The molecular weight excluding hydrogens is 531 g/mol. The molecule has 3 aromatic rings. The van der Waals surface area contributed by atoms with Crippen LogP contribution in [0.1, 0.15) is 83.2 Å². The fourth-order valence-corrected chi connectivity index (χ4v) is 6.31. The molecule has 1 aromatic carbocycles. The van der Waals surface area contributed by atoms with Gasteiger partial charge in [-0.3, -0.25) is 9.69 Å². The summed E-state index contributed by atoms with van der Waals surface area (Å²) in [5.74, 6) is -3.05. The van der Waals surface area contributed by atoms with Crippen LogP contribution in [-0.4, -0.2) is 37.1 Å². The van der Waals surface area contributed by atoms with Crippen molar-refractivity contribution in [1.29, 1.82) is 0 Å². The van der Waals surface area contributed by atoms with Crippen LogP contribution in [0.2, 0.25) is 0 Å². The third kappa shape index (κ3) is 4.36. The van der Waals surface area contributed by atoms with E-state index in [1.807, 2.05) is 6.92 Å². The first-order chi connectivity index (χ1) is 18.7. The van der Waals surface area contributed by atoms with Crippen molar-refractivity contribution in [3.63, 3.8) is 0 Å². The lowest BCUT2D eigenvalue weighted by Gasteiger charge is -2.46. The third-order valence-corrected chi connectivity index (χ3v) is 8.61. The quantitative estimate of drug-likeness (QED) is 0.406. The molecule has 2 fully saturated rings. The van der Waals surface area contributed by atoms with Gasteiger partial charge in [0.2, 0.25) is 0 Å². The molecule has 2 saturated carbocycles. The van der Waals surface area contributed by atoms with E-state index in [-0.39, 0.29) is 35.6 Å². The fourth-order valence-electron chi connectivity index (χ4n) is 6.31. The molecule has 2 aromatic heterocycles. The number of amides is 1. The molecule has 0 spiro atoms. The van der Waals surface area contributed by atoms with E-state index < -0.39 is 41.8 Å². The number of rotatable bonds is 6. The van der Waals surface area contributed by atoms with Gasteiger partial charge in [-0.25, -0.2) is 13.8 Å². The van der Waals surface area contributed by atoms with Crippen molar-refractivity contribution in [3.8, 4) is 0 Å². The number of carbonyl (C=O) groups excluding carboxylic acids is 1. The average Bonchev–Trinajstić information content (AvgIpc) is 3.41. The summed E-state index contributed by atoms with van der Waals surface area (Å²) in [4.78, 5) is 19.2. The van der Waals surface area contributed by atoms with Crippen LogP contribution in [-0.2, 0) is 31.7 Å². The number of carbonyl (C=O) groups is 1. The van der Waals surface area contributed by atoms with E-state index >= 15 is 0 Å². The number of nitrogens with one attached hydrogen (secondary N) is 1. The van der Waals surface area contributed by atoms with Crippen LogP contribution in [0.5, 0.6) is 0 Å². The van der Waals surface area contributed by atoms with E-state index in [2.05, 4.69) is 20.5 Å². The first kappa shape index (κ1) is 26.8. The Labute approximate surface area is 227 Å². The molecule has 7 nitrogen and oxygen atoms in total. The summed E-state index contributed by atoms with van der Waals surface area (Å²) in [6, 6.07) is 5.81. The standard InChI is InChI=1S/C28H29F5N6O/c1-16-7-18(26(13-27(29,30)14-26)24-37-35-15-38(24)3)10-22(36-16)39-12-20-19(23(39)40)8-17(9-21(20)28(31,32)33)11-34-25(2)5-4-6-25/h7-10,15,34H,4-6,11-14H2,1-3H3. The largest absolute Gasteiger partial charge is 0.416 e. The summed E-state index contributed by atoms with van der Waals surface area (Å²) >= 11 is 0. The molecule has 0 atom stereocenters. The molecule has 2 aliphatic carbocycles. The number of pyridine rings is 1. The summed E-state index contributed by atoms with van der Waals surface area (Å²) in [7, 11) is 1.67. The maximum absolute atomic E-state index is 14.3. The lowest BCUT2D eigenvalue weighted by atomic mass is 9.61. The Bertz CT molecular complexity index is 1500. The molecule has 40 heavy (non-hydrogen) atoms. The third-order valence-electron chi connectivity index (χ3n) is 8.61. The number of aromatic nitrogens is 4. The van der Waals surface area contributed by atoms with Crippen molar-refractivity contribution in [3.05, 3.63) is 69.9 Å². The Hall–Kier alpha value is -3.41.